The van der Waals surface area contributed by atoms with Crippen LogP contribution in [0.5, 0.6) is 5.75 Å². The number of anilines is 1. The number of para-hydroxylation sites is 1. The molecule has 0 radical (unpaired) electrons. The molecule has 6 nitrogen and oxygen atoms in total. The molecular formula is C17H18N4O2. The second-order valence-electron chi connectivity index (χ2n) is 5.47. The first-order chi connectivity index (χ1) is 11.1. The molecule has 1 amide bonds. The highest BCUT2D eigenvalue weighted by atomic mass is 16.5. The van der Waals surface area contributed by atoms with E-state index in [9.17, 15) is 4.79 Å². The Morgan fingerprint density at radius 2 is 2.04 bits per heavy atom. The number of pyridine rings is 1. The SMILES string of the molecule is CC(C)n1ncc2cc(NC(=O)COc3ccccc3)cnc21. The summed E-state index contributed by atoms with van der Waals surface area (Å²) in [6.07, 6.45) is 3.38. The van der Waals surface area contributed by atoms with Crippen LogP contribution in [0, 0.1) is 0 Å². The van der Waals surface area contributed by atoms with E-state index in [1.807, 2.05) is 42.8 Å². The third-order valence-corrected chi connectivity index (χ3v) is 3.32. The van der Waals surface area contributed by atoms with E-state index < -0.39 is 0 Å². The maximum atomic E-state index is 12.0. The van der Waals surface area contributed by atoms with Crippen LogP contribution >= 0.6 is 0 Å². The molecule has 0 unspecified atom stereocenters. The van der Waals surface area contributed by atoms with E-state index >= 15 is 0 Å². The molecule has 0 aliphatic carbocycles. The molecule has 0 aliphatic heterocycles. The Morgan fingerprint density at radius 3 is 2.78 bits per heavy atom. The molecule has 0 atom stereocenters. The summed E-state index contributed by atoms with van der Waals surface area (Å²) in [4.78, 5) is 16.3. The first-order valence-electron chi connectivity index (χ1n) is 7.44. The number of aromatic nitrogens is 3. The van der Waals surface area contributed by atoms with Crippen molar-refractivity contribution in [2.24, 2.45) is 0 Å². The highest BCUT2D eigenvalue weighted by Crippen LogP contribution is 2.19. The van der Waals surface area contributed by atoms with Crippen LogP contribution in [-0.4, -0.2) is 27.3 Å². The highest BCUT2D eigenvalue weighted by Gasteiger charge is 2.09. The van der Waals surface area contributed by atoms with Crippen molar-refractivity contribution in [3.63, 3.8) is 0 Å². The lowest BCUT2D eigenvalue weighted by atomic mass is 10.3. The van der Waals surface area contributed by atoms with Crippen molar-refractivity contribution in [1.82, 2.24) is 14.8 Å². The predicted octanol–water partition coefficient (Wildman–Crippen LogP) is 3.03. The molecule has 2 aromatic heterocycles. The number of benzene rings is 1. The molecule has 1 N–H and O–H groups in total. The van der Waals surface area contributed by atoms with E-state index in [4.69, 9.17) is 4.74 Å². The number of rotatable bonds is 5. The average Bonchev–Trinajstić information content (AvgIpc) is 2.97. The minimum atomic E-state index is -0.230. The smallest absolute Gasteiger partial charge is 0.262 e. The summed E-state index contributed by atoms with van der Waals surface area (Å²) in [5.41, 5.74) is 1.43. The summed E-state index contributed by atoms with van der Waals surface area (Å²) >= 11 is 0. The second kappa shape index (κ2) is 6.48. The minimum Gasteiger partial charge on any atom is -0.484 e. The number of ether oxygens (including phenoxy) is 1. The topological polar surface area (TPSA) is 69.0 Å². The molecule has 0 saturated carbocycles. The van der Waals surface area contributed by atoms with Crippen LogP contribution in [0.1, 0.15) is 19.9 Å². The molecule has 0 fully saturated rings. The van der Waals surface area contributed by atoms with E-state index in [1.165, 1.54) is 0 Å². The van der Waals surface area contributed by atoms with Crippen LogP contribution < -0.4 is 10.1 Å². The lowest BCUT2D eigenvalue weighted by molar-refractivity contribution is -0.118. The molecule has 0 bridgehead atoms. The normalized spacial score (nSPS) is 10.9. The molecule has 1 aromatic carbocycles. The Balaban J connectivity index is 1.65. The van der Waals surface area contributed by atoms with Crippen molar-refractivity contribution in [2.45, 2.75) is 19.9 Å². The summed E-state index contributed by atoms with van der Waals surface area (Å²) in [6.45, 7) is 4.04. The molecule has 6 heteroatoms. The fourth-order valence-corrected chi connectivity index (χ4v) is 2.25. The molecule has 3 aromatic rings. The number of hydrogen-bond acceptors (Lipinski definition) is 4. The van der Waals surface area contributed by atoms with E-state index in [0.717, 1.165) is 11.0 Å². The van der Waals surface area contributed by atoms with Gasteiger partial charge in [-0.1, -0.05) is 18.2 Å². The van der Waals surface area contributed by atoms with Crippen molar-refractivity contribution in [1.29, 1.82) is 0 Å². The number of nitrogens with one attached hydrogen (secondary N) is 1. The molecule has 0 saturated heterocycles. The first kappa shape index (κ1) is 15.0. The Kier molecular flexibility index (Phi) is 4.23. The number of carbonyl (C=O) groups excluding carboxylic acids is 1. The Hall–Kier alpha value is -2.89. The van der Waals surface area contributed by atoms with Crippen molar-refractivity contribution >= 4 is 22.6 Å². The molecule has 0 spiro atoms. The van der Waals surface area contributed by atoms with Crippen molar-refractivity contribution in [3.8, 4) is 5.75 Å². The quantitative estimate of drug-likeness (QED) is 0.786. The first-order valence-corrected chi connectivity index (χ1v) is 7.44. The van der Waals surface area contributed by atoms with Gasteiger partial charge in [0, 0.05) is 11.4 Å². The zero-order valence-corrected chi connectivity index (χ0v) is 13.1. The van der Waals surface area contributed by atoms with Gasteiger partial charge >= 0.3 is 0 Å². The number of hydrogen-bond donors (Lipinski definition) is 1. The van der Waals surface area contributed by atoms with Gasteiger partial charge in [-0.05, 0) is 32.0 Å². The maximum absolute atomic E-state index is 12.0. The fourth-order valence-electron chi connectivity index (χ4n) is 2.25. The molecule has 23 heavy (non-hydrogen) atoms. The third kappa shape index (κ3) is 3.48. The largest absolute Gasteiger partial charge is 0.484 e. The van der Waals surface area contributed by atoms with Gasteiger partial charge in [0.15, 0.2) is 12.3 Å². The number of nitrogens with zero attached hydrogens (tertiary/aromatic N) is 3. The lowest BCUT2D eigenvalue weighted by Gasteiger charge is -2.08. The van der Waals surface area contributed by atoms with Gasteiger partial charge in [0.2, 0.25) is 0 Å². The Morgan fingerprint density at radius 1 is 1.26 bits per heavy atom. The Labute approximate surface area is 134 Å². The maximum Gasteiger partial charge on any atom is 0.262 e. The van der Waals surface area contributed by atoms with Gasteiger partial charge in [-0.2, -0.15) is 5.10 Å². The van der Waals surface area contributed by atoms with E-state index in [1.54, 1.807) is 24.5 Å². The number of fused-ring (bicyclic) bond motifs is 1. The van der Waals surface area contributed by atoms with Gasteiger partial charge in [-0.15, -0.1) is 0 Å². The molecular weight excluding hydrogens is 292 g/mol. The molecule has 118 valence electrons. The summed E-state index contributed by atoms with van der Waals surface area (Å²) in [6, 6.07) is 11.3. The predicted molar refractivity (Wildman–Crippen MR) is 88.5 cm³/mol. The third-order valence-electron chi connectivity index (χ3n) is 3.32. The van der Waals surface area contributed by atoms with Gasteiger partial charge in [0.05, 0.1) is 18.1 Å². The van der Waals surface area contributed by atoms with Crippen molar-refractivity contribution in [2.75, 3.05) is 11.9 Å². The van der Waals surface area contributed by atoms with Gasteiger partial charge in [-0.25, -0.2) is 9.67 Å². The second-order valence-corrected chi connectivity index (χ2v) is 5.47. The van der Waals surface area contributed by atoms with Crippen molar-refractivity contribution in [3.05, 3.63) is 48.8 Å². The Bertz CT molecular complexity index is 812. The van der Waals surface area contributed by atoms with Crippen LogP contribution in [0.3, 0.4) is 0 Å². The van der Waals surface area contributed by atoms with Crippen LogP contribution in [-0.2, 0) is 4.79 Å². The van der Waals surface area contributed by atoms with Crippen LogP contribution in [0.4, 0.5) is 5.69 Å². The fraction of sp³-hybridized carbons (Fsp3) is 0.235. The molecule has 2 heterocycles. The zero-order valence-electron chi connectivity index (χ0n) is 13.1. The van der Waals surface area contributed by atoms with E-state index in [-0.39, 0.29) is 18.6 Å². The van der Waals surface area contributed by atoms with Crippen LogP contribution in [0.2, 0.25) is 0 Å². The van der Waals surface area contributed by atoms with E-state index in [2.05, 4.69) is 15.4 Å². The molecule has 3 rings (SSSR count). The number of amides is 1. The van der Waals surface area contributed by atoms with Crippen LogP contribution in [0.15, 0.2) is 48.8 Å². The monoisotopic (exact) mass is 310 g/mol. The summed E-state index contributed by atoms with van der Waals surface area (Å²) in [5, 5.41) is 7.98. The number of carbonyl (C=O) groups is 1. The highest BCUT2D eigenvalue weighted by molar-refractivity contribution is 5.93. The lowest BCUT2D eigenvalue weighted by Crippen LogP contribution is -2.20. The molecule has 0 aliphatic rings. The van der Waals surface area contributed by atoms with Gasteiger partial charge in [0.25, 0.3) is 5.91 Å². The minimum absolute atomic E-state index is 0.0483. The van der Waals surface area contributed by atoms with E-state index in [0.29, 0.717) is 11.4 Å². The van der Waals surface area contributed by atoms with Gasteiger partial charge in [-0.3, -0.25) is 4.79 Å². The summed E-state index contributed by atoms with van der Waals surface area (Å²) in [7, 11) is 0. The average molecular weight is 310 g/mol. The van der Waals surface area contributed by atoms with Gasteiger partial charge < -0.3 is 10.1 Å². The summed E-state index contributed by atoms with van der Waals surface area (Å²) < 4.78 is 7.26. The van der Waals surface area contributed by atoms with Crippen molar-refractivity contribution < 1.29 is 9.53 Å². The van der Waals surface area contributed by atoms with Gasteiger partial charge in [0.1, 0.15) is 5.75 Å². The summed E-state index contributed by atoms with van der Waals surface area (Å²) in [5.74, 6) is 0.431. The zero-order chi connectivity index (χ0) is 16.2. The standard InChI is InChI=1S/C17H18N4O2/c1-12(2)21-17-13(9-19-21)8-14(10-18-17)20-16(22)11-23-15-6-4-3-5-7-15/h3-10,12H,11H2,1-2H3,(H,20,22). The van der Waals surface area contributed by atoms with Crippen LogP contribution in [0.25, 0.3) is 11.0 Å².